The summed E-state index contributed by atoms with van der Waals surface area (Å²) in [6, 6.07) is 9.46. The molecule has 0 spiro atoms. The van der Waals surface area contributed by atoms with Crippen LogP contribution in [-0.4, -0.2) is 15.5 Å². The number of halogens is 2. The van der Waals surface area contributed by atoms with Crippen LogP contribution in [0.2, 0.25) is 0 Å². The van der Waals surface area contributed by atoms with E-state index in [0.717, 1.165) is 18.3 Å². The highest BCUT2D eigenvalue weighted by molar-refractivity contribution is 5.80. The summed E-state index contributed by atoms with van der Waals surface area (Å²) in [4.78, 5) is 28.3. The molecule has 1 N–H and O–H groups in total. The highest BCUT2D eigenvalue weighted by atomic mass is 19.1. The Morgan fingerprint density at radius 2 is 2.00 bits per heavy atom. The minimum absolute atomic E-state index is 0.168. The van der Waals surface area contributed by atoms with Crippen LogP contribution in [0.4, 0.5) is 8.78 Å². The van der Waals surface area contributed by atoms with Crippen LogP contribution < -0.4 is 10.9 Å². The van der Waals surface area contributed by atoms with Crippen LogP contribution in [0.1, 0.15) is 18.5 Å². The van der Waals surface area contributed by atoms with Gasteiger partial charge >= 0.3 is 0 Å². The predicted molar refractivity (Wildman–Crippen MR) is 88.9 cm³/mol. The molecule has 0 aliphatic heterocycles. The van der Waals surface area contributed by atoms with E-state index in [4.69, 9.17) is 0 Å². The number of aromatic nitrogens is 2. The molecule has 5 nitrogen and oxygen atoms in total. The average Bonchev–Trinajstić information content (AvgIpc) is 2.57. The van der Waals surface area contributed by atoms with Crippen molar-refractivity contribution in [2.24, 2.45) is 0 Å². The van der Waals surface area contributed by atoms with Crippen LogP contribution in [-0.2, 0) is 11.3 Å². The van der Waals surface area contributed by atoms with Crippen molar-refractivity contribution in [3.63, 3.8) is 0 Å². The first-order valence-electron chi connectivity index (χ1n) is 7.64. The molecule has 0 saturated carbocycles. The minimum atomic E-state index is -0.737. The Balaban J connectivity index is 1.81. The third-order valence-corrected chi connectivity index (χ3v) is 3.86. The Hall–Kier alpha value is -3.09. The number of rotatable bonds is 4. The molecule has 1 amide bonds. The first-order valence-corrected chi connectivity index (χ1v) is 7.64. The molecule has 0 saturated heterocycles. The smallest absolute Gasteiger partial charge is 0.269 e. The highest BCUT2D eigenvalue weighted by Crippen LogP contribution is 2.17. The Labute approximate surface area is 141 Å². The van der Waals surface area contributed by atoms with Gasteiger partial charge in [0.15, 0.2) is 0 Å². The lowest BCUT2D eigenvalue weighted by atomic mass is 10.1. The number of para-hydroxylation sites is 2. The molecular formula is C18H15F2N3O2. The van der Waals surface area contributed by atoms with Gasteiger partial charge in [0.1, 0.15) is 18.2 Å². The molecule has 0 aliphatic rings. The third-order valence-electron chi connectivity index (χ3n) is 3.86. The molecule has 1 atom stereocenters. The number of hydrogen-bond donors (Lipinski definition) is 1. The minimum Gasteiger partial charge on any atom is -0.348 e. The molecule has 3 aromatic rings. The molecule has 0 radical (unpaired) electrons. The van der Waals surface area contributed by atoms with Gasteiger partial charge in [0.05, 0.1) is 23.3 Å². The number of amides is 1. The fourth-order valence-electron chi connectivity index (χ4n) is 2.64. The topological polar surface area (TPSA) is 64.0 Å². The zero-order valence-corrected chi connectivity index (χ0v) is 13.4. The zero-order valence-electron chi connectivity index (χ0n) is 13.4. The quantitative estimate of drug-likeness (QED) is 0.792. The second-order valence-corrected chi connectivity index (χ2v) is 5.63. The van der Waals surface area contributed by atoms with Gasteiger partial charge in [-0.05, 0) is 25.1 Å². The lowest BCUT2D eigenvalue weighted by Gasteiger charge is -2.16. The third kappa shape index (κ3) is 3.55. The van der Waals surface area contributed by atoms with E-state index in [-0.39, 0.29) is 12.1 Å². The van der Waals surface area contributed by atoms with E-state index in [2.05, 4.69) is 10.3 Å². The summed E-state index contributed by atoms with van der Waals surface area (Å²) in [7, 11) is 0. The van der Waals surface area contributed by atoms with Crippen molar-refractivity contribution in [3.05, 3.63) is 76.2 Å². The van der Waals surface area contributed by atoms with Gasteiger partial charge in [0, 0.05) is 11.6 Å². The van der Waals surface area contributed by atoms with E-state index in [1.54, 1.807) is 31.2 Å². The maximum atomic E-state index is 13.8. The Morgan fingerprint density at radius 3 is 2.76 bits per heavy atom. The van der Waals surface area contributed by atoms with Gasteiger partial charge in [-0.3, -0.25) is 14.2 Å². The molecular weight excluding hydrogens is 328 g/mol. The van der Waals surface area contributed by atoms with Crippen molar-refractivity contribution in [3.8, 4) is 0 Å². The van der Waals surface area contributed by atoms with Gasteiger partial charge in [0.2, 0.25) is 5.91 Å². The van der Waals surface area contributed by atoms with E-state index in [1.165, 1.54) is 10.6 Å². The predicted octanol–water partition coefficient (Wildman–Crippen LogP) is 2.55. The van der Waals surface area contributed by atoms with Crippen LogP contribution in [0, 0.1) is 11.6 Å². The molecule has 1 aromatic heterocycles. The van der Waals surface area contributed by atoms with Gasteiger partial charge in [-0.1, -0.05) is 18.2 Å². The molecule has 25 heavy (non-hydrogen) atoms. The second kappa shape index (κ2) is 6.80. The van der Waals surface area contributed by atoms with Crippen LogP contribution in [0.25, 0.3) is 11.0 Å². The van der Waals surface area contributed by atoms with Gasteiger partial charge in [0.25, 0.3) is 5.56 Å². The number of carbonyl (C=O) groups excluding carboxylic acids is 1. The molecule has 0 aliphatic carbocycles. The van der Waals surface area contributed by atoms with Gasteiger partial charge < -0.3 is 5.32 Å². The fraction of sp³-hybridized carbons (Fsp3) is 0.167. The van der Waals surface area contributed by atoms with Crippen molar-refractivity contribution >= 4 is 16.9 Å². The van der Waals surface area contributed by atoms with E-state index in [0.29, 0.717) is 11.0 Å². The zero-order chi connectivity index (χ0) is 18.0. The van der Waals surface area contributed by atoms with E-state index in [9.17, 15) is 18.4 Å². The molecule has 7 heteroatoms. The molecule has 0 fully saturated rings. The summed E-state index contributed by atoms with van der Waals surface area (Å²) in [5.41, 5.74) is 0.884. The fourth-order valence-corrected chi connectivity index (χ4v) is 2.64. The van der Waals surface area contributed by atoms with Crippen LogP contribution in [0.3, 0.4) is 0 Å². The average molecular weight is 343 g/mol. The molecule has 0 bridgehead atoms. The summed E-state index contributed by atoms with van der Waals surface area (Å²) in [5, 5.41) is 2.62. The summed E-state index contributed by atoms with van der Waals surface area (Å²) >= 11 is 0. The van der Waals surface area contributed by atoms with Gasteiger partial charge in [-0.25, -0.2) is 13.8 Å². The Bertz CT molecular complexity index is 1000. The normalized spacial score (nSPS) is 12.1. The summed E-state index contributed by atoms with van der Waals surface area (Å²) in [5.74, 6) is -1.89. The van der Waals surface area contributed by atoms with Crippen molar-refractivity contribution in [1.82, 2.24) is 14.9 Å². The first kappa shape index (κ1) is 16.8. The van der Waals surface area contributed by atoms with Crippen molar-refractivity contribution in [1.29, 1.82) is 0 Å². The number of carbonyl (C=O) groups is 1. The maximum absolute atomic E-state index is 13.8. The van der Waals surface area contributed by atoms with Crippen molar-refractivity contribution in [2.75, 3.05) is 0 Å². The monoisotopic (exact) mass is 343 g/mol. The number of benzene rings is 2. The van der Waals surface area contributed by atoms with E-state index < -0.39 is 29.1 Å². The van der Waals surface area contributed by atoms with Gasteiger partial charge in [-0.2, -0.15) is 0 Å². The Kier molecular flexibility index (Phi) is 4.56. The molecule has 0 unspecified atom stereocenters. The number of nitrogens with zero attached hydrogens (tertiary/aromatic N) is 2. The first-order chi connectivity index (χ1) is 12.0. The number of nitrogens with one attached hydrogen (secondary N) is 1. The standard InChI is InChI=1S/C18H15F2N3O2/c1-11(13-7-6-12(19)8-14(13)20)22-17(24)10-23-16-5-3-2-4-15(16)21-9-18(23)25/h2-9,11H,10H2,1H3,(H,22,24)/t11-/m1/s1. The van der Waals surface area contributed by atoms with E-state index in [1.807, 2.05) is 0 Å². The van der Waals surface area contributed by atoms with Crippen LogP contribution in [0.15, 0.2) is 53.5 Å². The SMILES string of the molecule is C[C@@H](NC(=O)Cn1c(=O)cnc2ccccc21)c1ccc(F)cc1F. The molecule has 128 valence electrons. The second-order valence-electron chi connectivity index (χ2n) is 5.63. The van der Waals surface area contributed by atoms with Crippen LogP contribution >= 0.6 is 0 Å². The van der Waals surface area contributed by atoms with Gasteiger partial charge in [-0.15, -0.1) is 0 Å². The molecule has 2 aromatic carbocycles. The van der Waals surface area contributed by atoms with Crippen molar-refractivity contribution < 1.29 is 13.6 Å². The van der Waals surface area contributed by atoms with Crippen LogP contribution in [0.5, 0.6) is 0 Å². The number of fused-ring (bicyclic) bond motifs is 1. The van der Waals surface area contributed by atoms with E-state index >= 15 is 0 Å². The molecule has 1 heterocycles. The highest BCUT2D eigenvalue weighted by Gasteiger charge is 2.15. The lowest BCUT2D eigenvalue weighted by Crippen LogP contribution is -2.34. The number of hydrogen-bond acceptors (Lipinski definition) is 3. The molecule has 3 rings (SSSR count). The Morgan fingerprint density at radius 1 is 1.24 bits per heavy atom. The largest absolute Gasteiger partial charge is 0.348 e. The summed E-state index contributed by atoms with van der Waals surface area (Å²) in [6.45, 7) is 1.36. The summed E-state index contributed by atoms with van der Waals surface area (Å²) in [6.07, 6.45) is 1.15. The maximum Gasteiger partial charge on any atom is 0.269 e. The lowest BCUT2D eigenvalue weighted by molar-refractivity contribution is -0.122. The summed E-state index contributed by atoms with van der Waals surface area (Å²) < 4.78 is 28.1. The van der Waals surface area contributed by atoms with Crippen molar-refractivity contribution in [2.45, 2.75) is 19.5 Å².